The Balaban J connectivity index is 1.15. The predicted molar refractivity (Wildman–Crippen MR) is 107 cm³/mol. The second-order valence-corrected chi connectivity index (χ2v) is 8.31. The second-order valence-electron chi connectivity index (χ2n) is 7.78. The van der Waals surface area contributed by atoms with Gasteiger partial charge in [-0.05, 0) is 68.8 Å². The maximum absolute atomic E-state index is 12.0. The van der Waals surface area contributed by atoms with Crippen LogP contribution in [0.25, 0.3) is 11.0 Å². The molecule has 2 aromatic rings. The third-order valence-corrected chi connectivity index (χ3v) is 6.32. The molecule has 0 aliphatic carbocycles. The van der Waals surface area contributed by atoms with E-state index in [-0.39, 0.29) is 12.0 Å². The molecule has 1 aromatic carbocycles. The molecule has 0 radical (unpaired) electrons. The second kappa shape index (κ2) is 9.08. The zero-order chi connectivity index (χ0) is 18.5. The Bertz CT molecular complexity index is 751. The lowest BCUT2D eigenvalue weighted by Gasteiger charge is -2.32. The Labute approximate surface area is 164 Å². The zero-order valence-electron chi connectivity index (χ0n) is 15.7. The fourth-order valence-electron chi connectivity index (χ4n) is 4.07. The molecule has 0 unspecified atom stereocenters. The van der Waals surface area contributed by atoms with E-state index in [1.165, 1.54) is 30.1 Å². The van der Waals surface area contributed by atoms with Gasteiger partial charge in [-0.1, -0.05) is 6.07 Å². The predicted octanol–water partition coefficient (Wildman–Crippen LogP) is 2.98. The molecule has 27 heavy (non-hydrogen) atoms. The summed E-state index contributed by atoms with van der Waals surface area (Å²) in [4.78, 5) is 14.6. The fourth-order valence-corrected chi connectivity index (χ4v) is 4.59. The Morgan fingerprint density at radius 1 is 1.22 bits per heavy atom. The van der Waals surface area contributed by atoms with Crippen LogP contribution in [-0.4, -0.2) is 51.9 Å². The lowest BCUT2D eigenvalue weighted by Crippen LogP contribution is -2.34. The van der Waals surface area contributed by atoms with Crippen molar-refractivity contribution in [1.82, 2.24) is 19.0 Å². The third-order valence-electron chi connectivity index (χ3n) is 5.76. The van der Waals surface area contributed by atoms with E-state index in [0.29, 0.717) is 18.9 Å². The number of nitrogens with zero attached hydrogens (tertiary/aromatic N) is 3. The average Bonchev–Trinajstić information content (AvgIpc) is 3.37. The van der Waals surface area contributed by atoms with Crippen LogP contribution in [0, 0.1) is 5.92 Å². The topological polar surface area (TPSA) is 67.4 Å². The van der Waals surface area contributed by atoms with Gasteiger partial charge in [-0.2, -0.15) is 8.75 Å². The van der Waals surface area contributed by atoms with Crippen LogP contribution in [-0.2, 0) is 16.1 Å². The van der Waals surface area contributed by atoms with Crippen LogP contribution < -0.4 is 5.32 Å². The molecule has 1 N–H and O–H groups in total. The number of ether oxygens (including phenoxy) is 1. The number of piperidine rings is 1. The third kappa shape index (κ3) is 5.24. The number of likely N-dealkylation sites (tertiary alicyclic amines) is 1. The molecular formula is C20H28N4O2S. The number of hydrogen-bond donors (Lipinski definition) is 1. The highest BCUT2D eigenvalue weighted by atomic mass is 32.1. The highest BCUT2D eigenvalue weighted by Gasteiger charge is 2.21. The van der Waals surface area contributed by atoms with Crippen LogP contribution in [0.4, 0.5) is 0 Å². The van der Waals surface area contributed by atoms with Gasteiger partial charge >= 0.3 is 0 Å². The van der Waals surface area contributed by atoms with Crippen molar-refractivity contribution in [2.45, 2.75) is 51.2 Å². The molecular weight excluding hydrogens is 360 g/mol. The Morgan fingerprint density at radius 2 is 2.07 bits per heavy atom. The Kier molecular flexibility index (Phi) is 6.32. The molecule has 2 aliphatic heterocycles. The smallest absolute Gasteiger partial charge is 0.220 e. The van der Waals surface area contributed by atoms with Crippen molar-refractivity contribution in [2.75, 3.05) is 26.2 Å². The molecule has 4 rings (SSSR count). The van der Waals surface area contributed by atoms with Crippen molar-refractivity contribution in [3.05, 3.63) is 23.8 Å². The van der Waals surface area contributed by atoms with E-state index in [4.69, 9.17) is 4.74 Å². The molecule has 1 amide bonds. The molecule has 0 spiro atoms. The summed E-state index contributed by atoms with van der Waals surface area (Å²) in [6, 6.07) is 6.38. The average molecular weight is 389 g/mol. The van der Waals surface area contributed by atoms with Gasteiger partial charge in [0.25, 0.3) is 0 Å². The standard InChI is InChI=1S/C20H28N4O2S/c25-20(21-13-17-2-1-11-26-17)6-4-15-7-9-24(10-8-15)14-16-3-5-18-19(12-16)23-27-22-18/h3,5,12,15,17H,1-2,4,6-11,13-14H2,(H,21,25)/t17-/m1/s1. The van der Waals surface area contributed by atoms with Gasteiger partial charge in [-0.15, -0.1) is 0 Å². The van der Waals surface area contributed by atoms with Crippen molar-refractivity contribution in [2.24, 2.45) is 5.92 Å². The molecule has 1 aromatic heterocycles. The van der Waals surface area contributed by atoms with Gasteiger partial charge in [0, 0.05) is 26.1 Å². The van der Waals surface area contributed by atoms with Gasteiger partial charge in [-0.3, -0.25) is 9.69 Å². The van der Waals surface area contributed by atoms with E-state index in [1.807, 2.05) is 0 Å². The minimum absolute atomic E-state index is 0.179. The van der Waals surface area contributed by atoms with E-state index in [1.54, 1.807) is 0 Å². The molecule has 146 valence electrons. The molecule has 0 saturated carbocycles. The first-order valence-corrected chi connectivity index (χ1v) is 10.8. The van der Waals surface area contributed by atoms with Gasteiger partial charge in [0.05, 0.1) is 17.8 Å². The van der Waals surface area contributed by atoms with Gasteiger partial charge in [0.2, 0.25) is 5.91 Å². The maximum atomic E-state index is 12.0. The molecule has 3 heterocycles. The number of carbonyl (C=O) groups excluding carboxylic acids is 1. The quantitative estimate of drug-likeness (QED) is 0.790. The summed E-state index contributed by atoms with van der Waals surface area (Å²) in [6.45, 7) is 4.71. The van der Waals surface area contributed by atoms with Crippen molar-refractivity contribution < 1.29 is 9.53 Å². The minimum Gasteiger partial charge on any atom is -0.376 e. The van der Waals surface area contributed by atoms with Crippen molar-refractivity contribution >= 4 is 28.7 Å². The number of rotatable bonds is 7. The Morgan fingerprint density at radius 3 is 2.89 bits per heavy atom. The lowest BCUT2D eigenvalue weighted by atomic mass is 9.92. The highest BCUT2D eigenvalue weighted by Crippen LogP contribution is 2.24. The first-order chi connectivity index (χ1) is 13.3. The monoisotopic (exact) mass is 388 g/mol. The first-order valence-electron chi connectivity index (χ1n) is 10.1. The van der Waals surface area contributed by atoms with E-state index in [0.717, 1.165) is 56.5 Å². The number of aromatic nitrogens is 2. The van der Waals surface area contributed by atoms with E-state index in [9.17, 15) is 4.79 Å². The van der Waals surface area contributed by atoms with Crippen LogP contribution in [0.3, 0.4) is 0 Å². The van der Waals surface area contributed by atoms with Crippen LogP contribution in [0.1, 0.15) is 44.1 Å². The van der Waals surface area contributed by atoms with Gasteiger partial charge in [0.15, 0.2) is 0 Å². The van der Waals surface area contributed by atoms with Gasteiger partial charge in [0.1, 0.15) is 11.0 Å². The van der Waals surface area contributed by atoms with Gasteiger partial charge < -0.3 is 10.1 Å². The van der Waals surface area contributed by atoms with Crippen molar-refractivity contribution in [1.29, 1.82) is 0 Å². The van der Waals surface area contributed by atoms with Crippen LogP contribution in [0.5, 0.6) is 0 Å². The van der Waals surface area contributed by atoms with Crippen molar-refractivity contribution in [3.63, 3.8) is 0 Å². The maximum Gasteiger partial charge on any atom is 0.220 e. The largest absolute Gasteiger partial charge is 0.376 e. The molecule has 2 fully saturated rings. The van der Waals surface area contributed by atoms with Crippen LogP contribution in [0.15, 0.2) is 18.2 Å². The summed E-state index contributed by atoms with van der Waals surface area (Å²) in [5, 5.41) is 3.03. The molecule has 2 aliphatic rings. The van der Waals surface area contributed by atoms with E-state index in [2.05, 4.69) is 37.2 Å². The van der Waals surface area contributed by atoms with E-state index < -0.39 is 0 Å². The van der Waals surface area contributed by atoms with Gasteiger partial charge in [-0.25, -0.2) is 0 Å². The lowest BCUT2D eigenvalue weighted by molar-refractivity contribution is -0.122. The first kappa shape index (κ1) is 18.8. The number of amides is 1. The van der Waals surface area contributed by atoms with E-state index >= 15 is 0 Å². The number of carbonyl (C=O) groups is 1. The summed E-state index contributed by atoms with van der Waals surface area (Å²) in [7, 11) is 0. The zero-order valence-corrected chi connectivity index (χ0v) is 16.5. The summed E-state index contributed by atoms with van der Waals surface area (Å²) >= 11 is 1.27. The van der Waals surface area contributed by atoms with Crippen LogP contribution >= 0.6 is 11.7 Å². The highest BCUT2D eigenvalue weighted by molar-refractivity contribution is 7.00. The molecule has 2 saturated heterocycles. The normalized spacial score (nSPS) is 21.7. The summed E-state index contributed by atoms with van der Waals surface area (Å²) in [5.74, 6) is 0.845. The van der Waals surface area contributed by atoms with Crippen LogP contribution in [0.2, 0.25) is 0 Å². The SMILES string of the molecule is O=C(CCC1CCN(Cc2ccc3nsnc3c2)CC1)NC[C@H]1CCCO1. The fraction of sp³-hybridized carbons (Fsp3) is 0.650. The minimum atomic E-state index is 0.179. The summed E-state index contributed by atoms with van der Waals surface area (Å²) in [6.07, 6.45) is 6.43. The molecule has 1 atom stereocenters. The molecule has 0 bridgehead atoms. The van der Waals surface area contributed by atoms with Crippen molar-refractivity contribution in [3.8, 4) is 0 Å². The number of nitrogens with one attached hydrogen (secondary N) is 1. The molecule has 7 heteroatoms. The molecule has 6 nitrogen and oxygen atoms in total. The summed E-state index contributed by atoms with van der Waals surface area (Å²) in [5.41, 5.74) is 3.30. The number of hydrogen-bond acceptors (Lipinski definition) is 6. The summed E-state index contributed by atoms with van der Waals surface area (Å²) < 4.78 is 14.1. The Hall–Kier alpha value is -1.57. The number of fused-ring (bicyclic) bond motifs is 1. The number of benzene rings is 1.